The molecule has 0 aliphatic carbocycles. The minimum atomic E-state index is -0.153. The molecule has 1 unspecified atom stereocenters. The molecule has 2 aliphatic rings. The van der Waals surface area contributed by atoms with Gasteiger partial charge in [-0.2, -0.15) is 0 Å². The van der Waals surface area contributed by atoms with Crippen molar-refractivity contribution in [2.24, 2.45) is 0 Å². The number of rotatable bonds is 8. The van der Waals surface area contributed by atoms with Gasteiger partial charge in [0, 0.05) is 70.1 Å². The number of fused-ring (bicyclic) bond motifs is 2. The molecule has 4 aromatic rings. The van der Waals surface area contributed by atoms with Crippen LogP contribution in [0.1, 0.15) is 32.2 Å². The van der Waals surface area contributed by atoms with E-state index < -0.39 is 0 Å². The molecule has 11 heteroatoms. The predicted molar refractivity (Wildman–Crippen MR) is 152 cm³/mol. The Balaban J connectivity index is 1.17. The molecule has 1 aromatic carbocycles. The molecule has 1 N–H and O–H groups in total. The van der Waals surface area contributed by atoms with E-state index in [1.165, 1.54) is 11.3 Å². The molecule has 0 bridgehead atoms. The van der Waals surface area contributed by atoms with Gasteiger partial charge in [0.15, 0.2) is 0 Å². The van der Waals surface area contributed by atoms with Crippen molar-refractivity contribution in [2.45, 2.75) is 19.4 Å². The molecule has 2 amide bonds. The highest BCUT2D eigenvalue weighted by atomic mass is 32.1. The van der Waals surface area contributed by atoms with Crippen molar-refractivity contribution < 1.29 is 28.2 Å². The van der Waals surface area contributed by atoms with Crippen LogP contribution in [0.3, 0.4) is 0 Å². The molecule has 0 spiro atoms. The van der Waals surface area contributed by atoms with Crippen molar-refractivity contribution in [2.75, 3.05) is 59.6 Å². The number of furan rings is 1. The molecule has 10 nitrogen and oxygen atoms in total. The maximum absolute atomic E-state index is 13.1. The van der Waals surface area contributed by atoms with Crippen LogP contribution in [-0.2, 0) is 9.47 Å². The van der Waals surface area contributed by atoms with Crippen LogP contribution in [0, 0.1) is 6.92 Å². The highest BCUT2D eigenvalue weighted by molar-refractivity contribution is 7.21. The summed E-state index contributed by atoms with van der Waals surface area (Å²) in [4.78, 5) is 35.3. The van der Waals surface area contributed by atoms with E-state index in [2.05, 4.69) is 15.2 Å². The average Bonchev–Trinajstić information content (AvgIpc) is 3.70. The lowest BCUT2D eigenvalue weighted by molar-refractivity contribution is 0.0383. The summed E-state index contributed by atoms with van der Waals surface area (Å²) < 4.78 is 23.8. The summed E-state index contributed by atoms with van der Waals surface area (Å²) in [7, 11) is 1.68. The Kier molecular flexibility index (Phi) is 7.70. The van der Waals surface area contributed by atoms with Gasteiger partial charge in [0.2, 0.25) is 0 Å². The van der Waals surface area contributed by atoms with E-state index in [4.69, 9.17) is 18.6 Å². The molecule has 5 heterocycles. The molecule has 2 fully saturated rings. The normalized spacial score (nSPS) is 18.1. The number of carbonyl (C=O) groups excluding carboxylic acids is 2. The fraction of sp³-hybridized carbons (Fsp3) is 0.414. The smallest absolute Gasteiger partial charge is 0.264 e. The monoisotopic (exact) mass is 564 g/mol. The largest absolute Gasteiger partial charge is 0.460 e. The Morgan fingerprint density at radius 2 is 2.02 bits per heavy atom. The van der Waals surface area contributed by atoms with Gasteiger partial charge in [-0.1, -0.05) is 0 Å². The maximum Gasteiger partial charge on any atom is 0.264 e. The molecule has 6 rings (SSSR count). The third-order valence-electron chi connectivity index (χ3n) is 7.46. The van der Waals surface area contributed by atoms with Crippen LogP contribution in [0.5, 0.6) is 11.5 Å². The molecule has 1 atom stereocenters. The lowest BCUT2D eigenvalue weighted by Crippen LogP contribution is -2.41. The third-order valence-corrected chi connectivity index (χ3v) is 8.59. The number of nitrogens with one attached hydrogen (secondary N) is 1. The highest BCUT2D eigenvalue weighted by Gasteiger charge is 2.28. The van der Waals surface area contributed by atoms with Crippen LogP contribution in [0.25, 0.3) is 21.2 Å². The standard InChI is InChI=1S/C29H32N4O6S/c1-18-26(28(34)31-8-10-32-11-13-37-14-12-32)21-4-3-19(15-24(21)38-18)39-23-5-7-30-22-16-25(40-27(22)23)29(35)33-9-6-20(17-33)36-2/h3-5,7,15-16,20H,6,8-14,17H2,1-2H3,(H,31,34). The number of hydrogen-bond acceptors (Lipinski definition) is 9. The first-order valence-corrected chi connectivity index (χ1v) is 14.3. The van der Waals surface area contributed by atoms with Crippen molar-refractivity contribution in [3.8, 4) is 11.5 Å². The molecule has 40 heavy (non-hydrogen) atoms. The number of thiophene rings is 1. The number of likely N-dealkylation sites (tertiary alicyclic amines) is 1. The number of pyridine rings is 1. The minimum absolute atomic E-state index is 0.0169. The zero-order chi connectivity index (χ0) is 27.6. The van der Waals surface area contributed by atoms with Gasteiger partial charge in [0.05, 0.1) is 40.0 Å². The maximum atomic E-state index is 13.1. The Morgan fingerprint density at radius 1 is 1.18 bits per heavy atom. The van der Waals surface area contributed by atoms with Crippen LogP contribution in [-0.4, -0.2) is 92.3 Å². The molecule has 0 radical (unpaired) electrons. The topological polar surface area (TPSA) is 106 Å². The summed E-state index contributed by atoms with van der Waals surface area (Å²) in [6, 6.07) is 9.06. The van der Waals surface area contributed by atoms with Gasteiger partial charge < -0.3 is 28.8 Å². The number of aryl methyl sites for hydroxylation is 1. The second-order valence-corrected chi connectivity index (χ2v) is 11.1. The quantitative estimate of drug-likeness (QED) is 0.342. The van der Waals surface area contributed by atoms with E-state index in [1.54, 1.807) is 32.4 Å². The summed E-state index contributed by atoms with van der Waals surface area (Å²) in [5, 5.41) is 3.75. The van der Waals surface area contributed by atoms with Gasteiger partial charge >= 0.3 is 0 Å². The Hall–Kier alpha value is -3.51. The van der Waals surface area contributed by atoms with E-state index in [1.807, 2.05) is 23.1 Å². The number of aromatic nitrogens is 1. The average molecular weight is 565 g/mol. The Labute approximate surface area is 235 Å². The lowest BCUT2D eigenvalue weighted by Gasteiger charge is -2.26. The van der Waals surface area contributed by atoms with E-state index in [0.29, 0.717) is 58.4 Å². The number of nitrogens with zero attached hydrogens (tertiary/aromatic N) is 3. The number of methoxy groups -OCH3 is 1. The van der Waals surface area contributed by atoms with Crippen LogP contribution in [0.15, 0.2) is 40.9 Å². The molecular formula is C29H32N4O6S. The SMILES string of the molecule is COC1CCN(C(=O)c2cc3nccc(Oc4ccc5c(C(=O)NCCN6CCOCC6)c(C)oc5c4)c3s2)C1. The summed E-state index contributed by atoms with van der Waals surface area (Å²) in [6.45, 7) is 7.63. The second-order valence-electron chi connectivity index (χ2n) is 10.0. The molecule has 2 aliphatic heterocycles. The lowest BCUT2D eigenvalue weighted by atomic mass is 10.1. The fourth-order valence-electron chi connectivity index (χ4n) is 5.27. The van der Waals surface area contributed by atoms with Crippen LogP contribution in [0.4, 0.5) is 0 Å². The number of amides is 2. The van der Waals surface area contributed by atoms with Crippen LogP contribution < -0.4 is 10.1 Å². The first-order valence-electron chi connectivity index (χ1n) is 13.5. The summed E-state index contributed by atoms with van der Waals surface area (Å²) in [6.07, 6.45) is 2.59. The van der Waals surface area contributed by atoms with Gasteiger partial charge in [0.25, 0.3) is 11.8 Å². The molecule has 0 saturated carbocycles. The van der Waals surface area contributed by atoms with Crippen LogP contribution in [0.2, 0.25) is 0 Å². The number of hydrogen-bond donors (Lipinski definition) is 1. The summed E-state index contributed by atoms with van der Waals surface area (Å²) in [5.74, 6) is 1.56. The number of ether oxygens (including phenoxy) is 3. The van der Waals surface area contributed by atoms with Crippen molar-refractivity contribution in [1.82, 2.24) is 20.1 Å². The zero-order valence-electron chi connectivity index (χ0n) is 22.6. The van der Waals surface area contributed by atoms with E-state index in [9.17, 15) is 9.59 Å². The van der Waals surface area contributed by atoms with E-state index in [-0.39, 0.29) is 17.9 Å². The molecule has 210 valence electrons. The molecular weight excluding hydrogens is 532 g/mol. The summed E-state index contributed by atoms with van der Waals surface area (Å²) in [5.41, 5.74) is 1.82. The third kappa shape index (κ3) is 5.42. The van der Waals surface area contributed by atoms with Crippen molar-refractivity contribution in [3.63, 3.8) is 0 Å². The highest BCUT2D eigenvalue weighted by Crippen LogP contribution is 2.37. The second kappa shape index (κ2) is 11.5. The predicted octanol–water partition coefficient (Wildman–Crippen LogP) is 4.07. The number of morpholine rings is 1. The van der Waals surface area contributed by atoms with Crippen molar-refractivity contribution in [1.29, 1.82) is 0 Å². The number of benzene rings is 1. The van der Waals surface area contributed by atoms with Gasteiger partial charge in [-0.3, -0.25) is 19.5 Å². The zero-order valence-corrected chi connectivity index (χ0v) is 23.4. The fourth-order valence-corrected chi connectivity index (χ4v) is 6.31. The number of carbonyl (C=O) groups is 2. The van der Waals surface area contributed by atoms with Gasteiger partial charge in [-0.05, 0) is 31.5 Å². The van der Waals surface area contributed by atoms with E-state index in [0.717, 1.165) is 49.4 Å². The van der Waals surface area contributed by atoms with Crippen LogP contribution >= 0.6 is 11.3 Å². The first-order chi connectivity index (χ1) is 19.5. The van der Waals surface area contributed by atoms with Crippen molar-refractivity contribution in [3.05, 3.63) is 52.7 Å². The molecule has 2 saturated heterocycles. The Bertz CT molecular complexity index is 1540. The van der Waals surface area contributed by atoms with Gasteiger partial charge in [-0.15, -0.1) is 11.3 Å². The Morgan fingerprint density at radius 3 is 2.83 bits per heavy atom. The first kappa shape index (κ1) is 26.7. The summed E-state index contributed by atoms with van der Waals surface area (Å²) >= 11 is 1.37. The molecule has 3 aromatic heterocycles. The minimum Gasteiger partial charge on any atom is -0.460 e. The van der Waals surface area contributed by atoms with E-state index >= 15 is 0 Å². The van der Waals surface area contributed by atoms with Gasteiger partial charge in [-0.25, -0.2) is 0 Å². The van der Waals surface area contributed by atoms with Gasteiger partial charge in [0.1, 0.15) is 22.8 Å². The van der Waals surface area contributed by atoms with Crippen molar-refractivity contribution >= 4 is 44.3 Å².